The van der Waals surface area contributed by atoms with E-state index in [-0.39, 0.29) is 12.1 Å². The zero-order valence-electron chi connectivity index (χ0n) is 11.8. The fourth-order valence-electron chi connectivity index (χ4n) is 2.21. The van der Waals surface area contributed by atoms with Gasteiger partial charge in [-0.3, -0.25) is 5.32 Å². The Kier molecular flexibility index (Phi) is 4.15. The molecule has 110 valence electrons. The van der Waals surface area contributed by atoms with E-state index in [4.69, 9.17) is 4.52 Å². The molecule has 0 saturated carbocycles. The molecule has 0 saturated heterocycles. The van der Waals surface area contributed by atoms with Gasteiger partial charge in [0.05, 0.1) is 6.04 Å². The molecule has 0 aliphatic rings. The molecule has 0 bridgehead atoms. The first kappa shape index (κ1) is 13.9. The van der Waals surface area contributed by atoms with Gasteiger partial charge in [-0.1, -0.05) is 65.8 Å². The number of benzene rings is 2. The largest absolute Gasteiger partial charge is 0.363 e. The summed E-state index contributed by atoms with van der Waals surface area (Å²) in [5.74, 6) is 0.373. The number of amides is 2. The van der Waals surface area contributed by atoms with Gasteiger partial charge in [-0.25, -0.2) is 4.79 Å². The summed E-state index contributed by atoms with van der Waals surface area (Å²) < 4.78 is 4.70. The summed E-state index contributed by atoms with van der Waals surface area (Å²) in [6.07, 6.45) is 1.40. The SMILES string of the molecule is O=C(Nc1ccon1)NC(c1ccccc1)c1ccccc1. The predicted octanol–water partition coefficient (Wildman–Crippen LogP) is 3.59. The Morgan fingerprint density at radius 1 is 0.909 bits per heavy atom. The molecule has 22 heavy (non-hydrogen) atoms. The fraction of sp³-hybridized carbons (Fsp3) is 0.0588. The van der Waals surface area contributed by atoms with Crippen molar-refractivity contribution in [2.45, 2.75) is 6.04 Å². The summed E-state index contributed by atoms with van der Waals surface area (Å²) >= 11 is 0. The van der Waals surface area contributed by atoms with Crippen molar-refractivity contribution in [1.29, 1.82) is 0 Å². The van der Waals surface area contributed by atoms with Gasteiger partial charge in [0.15, 0.2) is 5.82 Å². The van der Waals surface area contributed by atoms with Crippen molar-refractivity contribution in [3.8, 4) is 0 Å². The quantitative estimate of drug-likeness (QED) is 0.772. The molecular formula is C17H15N3O2. The lowest BCUT2D eigenvalue weighted by Gasteiger charge is -2.19. The van der Waals surface area contributed by atoms with Gasteiger partial charge in [0.25, 0.3) is 0 Å². The lowest BCUT2D eigenvalue weighted by molar-refractivity contribution is 0.250. The summed E-state index contributed by atoms with van der Waals surface area (Å²) in [6, 6.07) is 20.6. The van der Waals surface area contributed by atoms with Crippen LogP contribution in [0, 0.1) is 0 Å². The zero-order chi connectivity index (χ0) is 15.2. The third-order valence-electron chi connectivity index (χ3n) is 3.22. The minimum atomic E-state index is -0.341. The standard InChI is InChI=1S/C17H15N3O2/c21-17(18-15-11-12-22-20-15)19-16(13-7-3-1-4-8-13)14-9-5-2-6-10-14/h1-12,16H,(H2,18,19,20,21). The lowest BCUT2D eigenvalue weighted by atomic mass is 9.99. The van der Waals surface area contributed by atoms with Crippen LogP contribution in [0.2, 0.25) is 0 Å². The number of aromatic nitrogens is 1. The van der Waals surface area contributed by atoms with Gasteiger partial charge in [0, 0.05) is 6.07 Å². The van der Waals surface area contributed by atoms with Gasteiger partial charge >= 0.3 is 6.03 Å². The van der Waals surface area contributed by atoms with Crippen LogP contribution in [0.5, 0.6) is 0 Å². The average Bonchev–Trinajstić information content (AvgIpc) is 3.07. The minimum absolute atomic E-state index is 0.241. The van der Waals surface area contributed by atoms with Gasteiger partial charge < -0.3 is 9.84 Å². The third-order valence-corrected chi connectivity index (χ3v) is 3.22. The molecule has 0 fully saturated rings. The number of anilines is 1. The molecule has 0 atom stereocenters. The predicted molar refractivity (Wildman–Crippen MR) is 83.4 cm³/mol. The molecule has 0 aliphatic carbocycles. The van der Waals surface area contributed by atoms with E-state index >= 15 is 0 Å². The summed E-state index contributed by atoms with van der Waals surface area (Å²) in [6.45, 7) is 0. The normalized spacial score (nSPS) is 10.4. The van der Waals surface area contributed by atoms with Crippen molar-refractivity contribution in [3.63, 3.8) is 0 Å². The first-order valence-electron chi connectivity index (χ1n) is 6.91. The van der Waals surface area contributed by atoms with Crippen LogP contribution in [-0.2, 0) is 0 Å². The van der Waals surface area contributed by atoms with E-state index in [1.807, 2.05) is 60.7 Å². The van der Waals surface area contributed by atoms with Crippen LogP contribution in [0.4, 0.5) is 10.6 Å². The summed E-state index contributed by atoms with van der Waals surface area (Å²) in [4.78, 5) is 12.2. The highest BCUT2D eigenvalue weighted by molar-refractivity contribution is 5.88. The first-order valence-corrected chi connectivity index (χ1v) is 6.91. The average molecular weight is 293 g/mol. The number of rotatable bonds is 4. The van der Waals surface area contributed by atoms with Crippen molar-refractivity contribution in [2.75, 3.05) is 5.32 Å². The van der Waals surface area contributed by atoms with E-state index in [1.54, 1.807) is 6.07 Å². The highest BCUT2D eigenvalue weighted by Gasteiger charge is 2.16. The second-order valence-corrected chi connectivity index (χ2v) is 4.74. The molecule has 5 heteroatoms. The number of urea groups is 1. The van der Waals surface area contributed by atoms with E-state index in [9.17, 15) is 4.79 Å². The van der Waals surface area contributed by atoms with Gasteiger partial charge in [0.1, 0.15) is 6.26 Å². The summed E-state index contributed by atoms with van der Waals surface area (Å²) in [5, 5.41) is 9.26. The molecule has 2 N–H and O–H groups in total. The van der Waals surface area contributed by atoms with Crippen LogP contribution >= 0.6 is 0 Å². The number of hydrogen-bond acceptors (Lipinski definition) is 3. The minimum Gasteiger partial charge on any atom is -0.363 e. The molecule has 1 aromatic heterocycles. The van der Waals surface area contributed by atoms with E-state index < -0.39 is 0 Å². The van der Waals surface area contributed by atoms with Crippen molar-refractivity contribution in [3.05, 3.63) is 84.1 Å². The molecule has 3 rings (SSSR count). The zero-order valence-corrected chi connectivity index (χ0v) is 11.8. The molecule has 2 amide bonds. The maximum Gasteiger partial charge on any atom is 0.321 e. The summed E-state index contributed by atoms with van der Waals surface area (Å²) in [7, 11) is 0. The van der Waals surface area contributed by atoms with E-state index in [0.717, 1.165) is 11.1 Å². The maximum absolute atomic E-state index is 12.2. The van der Waals surface area contributed by atoms with E-state index in [2.05, 4.69) is 15.8 Å². The Labute approximate surface area is 128 Å². The molecule has 2 aromatic carbocycles. The van der Waals surface area contributed by atoms with Crippen LogP contribution in [0.3, 0.4) is 0 Å². The highest BCUT2D eigenvalue weighted by atomic mass is 16.5. The molecule has 0 unspecified atom stereocenters. The Morgan fingerprint density at radius 2 is 1.50 bits per heavy atom. The highest BCUT2D eigenvalue weighted by Crippen LogP contribution is 2.21. The maximum atomic E-state index is 12.2. The molecule has 5 nitrogen and oxygen atoms in total. The fourth-order valence-corrected chi connectivity index (χ4v) is 2.21. The Balaban J connectivity index is 1.81. The van der Waals surface area contributed by atoms with Crippen LogP contribution < -0.4 is 10.6 Å². The monoisotopic (exact) mass is 293 g/mol. The van der Waals surface area contributed by atoms with Crippen LogP contribution in [-0.4, -0.2) is 11.2 Å². The third kappa shape index (κ3) is 3.32. The number of carbonyl (C=O) groups is 1. The Morgan fingerprint density at radius 3 is 2.00 bits per heavy atom. The van der Waals surface area contributed by atoms with E-state index in [1.165, 1.54) is 6.26 Å². The van der Waals surface area contributed by atoms with Crippen molar-refractivity contribution in [2.24, 2.45) is 0 Å². The molecule has 0 aliphatic heterocycles. The summed E-state index contributed by atoms with van der Waals surface area (Å²) in [5.41, 5.74) is 2.01. The number of nitrogens with one attached hydrogen (secondary N) is 2. The van der Waals surface area contributed by atoms with Crippen LogP contribution in [0.15, 0.2) is 77.5 Å². The topological polar surface area (TPSA) is 67.2 Å². The van der Waals surface area contributed by atoms with Crippen molar-refractivity contribution >= 4 is 11.8 Å². The molecule has 1 heterocycles. The molecule has 0 spiro atoms. The molecule has 3 aromatic rings. The number of carbonyl (C=O) groups excluding carboxylic acids is 1. The second-order valence-electron chi connectivity index (χ2n) is 4.74. The number of nitrogens with zero attached hydrogens (tertiary/aromatic N) is 1. The Hall–Kier alpha value is -3.08. The Bertz CT molecular complexity index is 673. The smallest absolute Gasteiger partial charge is 0.321 e. The lowest BCUT2D eigenvalue weighted by Crippen LogP contribution is -2.33. The van der Waals surface area contributed by atoms with Gasteiger partial charge in [-0.05, 0) is 11.1 Å². The van der Waals surface area contributed by atoms with E-state index in [0.29, 0.717) is 5.82 Å². The van der Waals surface area contributed by atoms with Crippen molar-refractivity contribution in [1.82, 2.24) is 10.5 Å². The second kappa shape index (κ2) is 6.58. The van der Waals surface area contributed by atoms with Gasteiger partial charge in [-0.15, -0.1) is 0 Å². The van der Waals surface area contributed by atoms with Crippen LogP contribution in [0.1, 0.15) is 17.2 Å². The van der Waals surface area contributed by atoms with Gasteiger partial charge in [-0.2, -0.15) is 0 Å². The first-order chi connectivity index (χ1) is 10.8. The van der Waals surface area contributed by atoms with Crippen molar-refractivity contribution < 1.29 is 9.32 Å². The number of hydrogen-bond donors (Lipinski definition) is 2. The molecular weight excluding hydrogens is 278 g/mol. The van der Waals surface area contributed by atoms with Crippen LogP contribution in [0.25, 0.3) is 0 Å². The molecule has 0 radical (unpaired) electrons. The van der Waals surface area contributed by atoms with Gasteiger partial charge in [0.2, 0.25) is 0 Å².